The molecule has 0 unspecified atom stereocenters. The molecule has 5 nitrogen and oxygen atoms in total. The third-order valence-electron chi connectivity index (χ3n) is 5.04. The molecule has 27 heavy (non-hydrogen) atoms. The minimum atomic E-state index is -0.292. The molecule has 0 atom stereocenters. The molecule has 1 saturated heterocycles. The molecule has 1 fully saturated rings. The zero-order valence-electron chi connectivity index (χ0n) is 15.7. The van der Waals surface area contributed by atoms with E-state index in [0.29, 0.717) is 18.8 Å². The molecular formula is C22H23N3O2. The first-order chi connectivity index (χ1) is 13.1. The Morgan fingerprint density at radius 3 is 2.41 bits per heavy atom. The minimum absolute atomic E-state index is 0.292. The Bertz CT molecular complexity index is 964. The van der Waals surface area contributed by atoms with E-state index in [4.69, 9.17) is 9.72 Å². The smallest absolute Gasteiger partial charge is 0.410 e. The Morgan fingerprint density at radius 2 is 1.67 bits per heavy atom. The van der Waals surface area contributed by atoms with Gasteiger partial charge in [-0.3, -0.25) is 0 Å². The second kappa shape index (κ2) is 7.27. The van der Waals surface area contributed by atoms with Crippen molar-refractivity contribution in [3.8, 4) is 5.75 Å². The highest BCUT2D eigenvalue weighted by atomic mass is 16.6. The number of pyridine rings is 1. The first-order valence-electron chi connectivity index (χ1n) is 9.25. The number of benzene rings is 2. The summed E-state index contributed by atoms with van der Waals surface area (Å²) < 4.78 is 5.44. The number of anilines is 1. The van der Waals surface area contributed by atoms with Gasteiger partial charge < -0.3 is 14.5 Å². The van der Waals surface area contributed by atoms with Gasteiger partial charge in [0.05, 0.1) is 5.52 Å². The fourth-order valence-electron chi connectivity index (χ4n) is 3.48. The van der Waals surface area contributed by atoms with Crippen LogP contribution in [0.2, 0.25) is 0 Å². The van der Waals surface area contributed by atoms with Crippen molar-refractivity contribution in [3.63, 3.8) is 0 Å². The number of fused-ring (bicyclic) bond motifs is 1. The summed E-state index contributed by atoms with van der Waals surface area (Å²) in [5.41, 5.74) is 3.46. The monoisotopic (exact) mass is 361 g/mol. The fourth-order valence-corrected chi connectivity index (χ4v) is 3.48. The van der Waals surface area contributed by atoms with Crippen molar-refractivity contribution in [3.05, 3.63) is 65.7 Å². The lowest BCUT2D eigenvalue weighted by Gasteiger charge is -2.35. The van der Waals surface area contributed by atoms with Crippen LogP contribution in [0.3, 0.4) is 0 Å². The van der Waals surface area contributed by atoms with Gasteiger partial charge in [0.25, 0.3) is 0 Å². The number of nitrogens with zero attached hydrogens (tertiary/aromatic N) is 3. The van der Waals surface area contributed by atoms with Crippen LogP contribution >= 0.6 is 0 Å². The second-order valence-corrected chi connectivity index (χ2v) is 6.92. The summed E-state index contributed by atoms with van der Waals surface area (Å²) in [5.74, 6) is 1.55. The third-order valence-corrected chi connectivity index (χ3v) is 5.04. The lowest BCUT2D eigenvalue weighted by atomic mass is 10.1. The summed E-state index contributed by atoms with van der Waals surface area (Å²) in [7, 11) is 0. The normalized spacial score (nSPS) is 14.4. The van der Waals surface area contributed by atoms with Crippen LogP contribution in [0.4, 0.5) is 10.6 Å². The van der Waals surface area contributed by atoms with Gasteiger partial charge in [0.2, 0.25) is 0 Å². The molecule has 0 bridgehead atoms. The number of carbonyl (C=O) groups is 1. The molecular weight excluding hydrogens is 338 g/mol. The molecule has 5 heteroatoms. The van der Waals surface area contributed by atoms with Gasteiger partial charge >= 0.3 is 6.09 Å². The lowest BCUT2D eigenvalue weighted by Crippen LogP contribution is -2.49. The van der Waals surface area contributed by atoms with E-state index >= 15 is 0 Å². The molecule has 0 saturated carbocycles. The maximum Gasteiger partial charge on any atom is 0.415 e. The summed E-state index contributed by atoms with van der Waals surface area (Å²) in [6, 6.07) is 17.6. The highest BCUT2D eigenvalue weighted by molar-refractivity contribution is 5.86. The largest absolute Gasteiger partial charge is 0.415 e. The Morgan fingerprint density at radius 1 is 0.926 bits per heavy atom. The summed E-state index contributed by atoms with van der Waals surface area (Å²) in [5, 5.41) is 1.20. The zero-order chi connectivity index (χ0) is 18.8. The van der Waals surface area contributed by atoms with E-state index in [0.717, 1.165) is 24.4 Å². The number of hydrogen-bond donors (Lipinski definition) is 0. The molecule has 1 aromatic heterocycles. The van der Waals surface area contributed by atoms with Gasteiger partial charge in [-0.2, -0.15) is 0 Å². The maximum atomic E-state index is 12.4. The van der Waals surface area contributed by atoms with Crippen LogP contribution in [-0.4, -0.2) is 42.2 Å². The van der Waals surface area contributed by atoms with E-state index in [-0.39, 0.29) is 6.09 Å². The second-order valence-electron chi connectivity index (χ2n) is 6.92. The highest BCUT2D eigenvalue weighted by Crippen LogP contribution is 2.25. The summed E-state index contributed by atoms with van der Waals surface area (Å²) in [6.07, 6.45) is -0.292. The van der Waals surface area contributed by atoms with Crippen LogP contribution in [0.5, 0.6) is 5.75 Å². The number of hydrogen-bond acceptors (Lipinski definition) is 4. The molecule has 4 rings (SSSR count). The van der Waals surface area contributed by atoms with E-state index in [9.17, 15) is 4.79 Å². The Balaban J connectivity index is 1.45. The lowest BCUT2D eigenvalue weighted by molar-refractivity contribution is 0.149. The first-order valence-corrected chi connectivity index (χ1v) is 9.25. The molecule has 0 N–H and O–H groups in total. The van der Waals surface area contributed by atoms with E-state index in [1.807, 2.05) is 18.2 Å². The van der Waals surface area contributed by atoms with Gasteiger partial charge in [-0.15, -0.1) is 0 Å². The van der Waals surface area contributed by atoms with Gasteiger partial charge in [0.15, 0.2) is 0 Å². The molecule has 3 aromatic rings. The van der Waals surface area contributed by atoms with Crippen LogP contribution in [0.1, 0.15) is 11.1 Å². The highest BCUT2D eigenvalue weighted by Gasteiger charge is 2.23. The molecule has 138 valence electrons. The Labute approximate surface area is 159 Å². The number of rotatable bonds is 2. The Hall–Kier alpha value is -3.08. The first kappa shape index (κ1) is 17.3. The number of para-hydroxylation sites is 2. The molecule has 2 aromatic carbocycles. The molecule has 1 aliphatic heterocycles. The van der Waals surface area contributed by atoms with Crippen LogP contribution in [0, 0.1) is 13.8 Å². The fraction of sp³-hybridized carbons (Fsp3) is 0.273. The van der Waals surface area contributed by atoms with E-state index in [1.165, 1.54) is 16.5 Å². The summed E-state index contributed by atoms with van der Waals surface area (Å²) >= 11 is 0. The average molecular weight is 361 g/mol. The number of aromatic nitrogens is 1. The SMILES string of the molecule is Cc1cc(N2CCN(C(=O)Oc3ccccc3)CC2)nc2c(C)cccc12. The summed E-state index contributed by atoms with van der Waals surface area (Å²) in [4.78, 5) is 21.2. The average Bonchev–Trinajstić information content (AvgIpc) is 2.69. The number of carbonyl (C=O) groups excluding carboxylic acids is 1. The van der Waals surface area contributed by atoms with E-state index < -0.39 is 0 Å². The Kier molecular flexibility index (Phi) is 4.67. The van der Waals surface area contributed by atoms with Gasteiger partial charge in [-0.05, 0) is 43.2 Å². The van der Waals surface area contributed by atoms with Gasteiger partial charge in [-0.1, -0.05) is 36.4 Å². The topological polar surface area (TPSA) is 45.7 Å². The molecule has 1 aliphatic rings. The van der Waals surface area contributed by atoms with Crippen molar-refractivity contribution in [1.29, 1.82) is 0 Å². The number of aryl methyl sites for hydroxylation is 2. The van der Waals surface area contributed by atoms with Crippen molar-refractivity contribution in [2.45, 2.75) is 13.8 Å². The van der Waals surface area contributed by atoms with Crippen molar-refractivity contribution in [2.24, 2.45) is 0 Å². The standard InChI is InChI=1S/C22H23N3O2/c1-16-7-6-10-19-17(2)15-20(23-21(16)19)24-11-13-25(14-12-24)22(26)27-18-8-4-3-5-9-18/h3-10,15H,11-14H2,1-2H3. The molecule has 0 spiro atoms. The molecule has 1 amide bonds. The number of ether oxygens (including phenoxy) is 1. The maximum absolute atomic E-state index is 12.4. The zero-order valence-corrected chi connectivity index (χ0v) is 15.7. The minimum Gasteiger partial charge on any atom is -0.410 e. The number of piperazine rings is 1. The third kappa shape index (κ3) is 3.58. The van der Waals surface area contributed by atoms with E-state index in [2.05, 4.69) is 43.0 Å². The van der Waals surface area contributed by atoms with Crippen LogP contribution in [0.15, 0.2) is 54.6 Å². The molecule has 0 aliphatic carbocycles. The van der Waals surface area contributed by atoms with Crippen molar-refractivity contribution >= 4 is 22.8 Å². The molecule has 0 radical (unpaired) electrons. The van der Waals surface area contributed by atoms with Crippen molar-refractivity contribution in [2.75, 3.05) is 31.1 Å². The quantitative estimate of drug-likeness (QED) is 0.687. The predicted molar refractivity (Wildman–Crippen MR) is 107 cm³/mol. The van der Waals surface area contributed by atoms with Crippen LogP contribution in [0.25, 0.3) is 10.9 Å². The molecule has 2 heterocycles. The van der Waals surface area contributed by atoms with Gasteiger partial charge in [0, 0.05) is 31.6 Å². The van der Waals surface area contributed by atoms with Gasteiger partial charge in [-0.25, -0.2) is 9.78 Å². The van der Waals surface area contributed by atoms with Crippen molar-refractivity contribution in [1.82, 2.24) is 9.88 Å². The predicted octanol–water partition coefficient (Wildman–Crippen LogP) is 4.17. The number of amides is 1. The summed E-state index contributed by atoms with van der Waals surface area (Å²) in [6.45, 7) is 6.95. The van der Waals surface area contributed by atoms with Gasteiger partial charge in [0.1, 0.15) is 11.6 Å². The van der Waals surface area contributed by atoms with Crippen LogP contribution in [-0.2, 0) is 0 Å². The van der Waals surface area contributed by atoms with Crippen molar-refractivity contribution < 1.29 is 9.53 Å². The van der Waals surface area contributed by atoms with E-state index in [1.54, 1.807) is 17.0 Å². The van der Waals surface area contributed by atoms with Crippen LogP contribution < -0.4 is 9.64 Å².